The van der Waals surface area contributed by atoms with Gasteiger partial charge in [0.15, 0.2) is 11.5 Å². The molecular weight excluding hydrogens is 314 g/mol. The number of aliphatic carboxylic acids is 1. The van der Waals surface area contributed by atoms with Crippen LogP contribution in [0.25, 0.3) is 0 Å². The first-order valence-corrected chi connectivity index (χ1v) is 7.49. The third kappa shape index (κ3) is 5.33. The van der Waals surface area contributed by atoms with Crippen molar-refractivity contribution in [3.05, 3.63) is 17.7 Å². The molecule has 0 bridgehead atoms. The number of methoxy groups -OCH3 is 1. The van der Waals surface area contributed by atoms with Crippen LogP contribution in [0.3, 0.4) is 0 Å². The van der Waals surface area contributed by atoms with Crippen LogP contribution in [0.1, 0.15) is 40.2 Å². The highest BCUT2D eigenvalue weighted by Gasteiger charge is 2.28. The number of carbonyl (C=O) groups is 2. The average molecular weight is 339 g/mol. The molecule has 1 rings (SSSR count). The maximum absolute atomic E-state index is 11.9. The third-order valence-electron chi connectivity index (χ3n) is 3.22. The standard InChI is InChI=1S/C17H25NO6/c1-16(2,3)24-15(22)18-11-7-10(8-12(23-6)13(11)19)9-17(4,5)14(20)21/h7-8,19H,9H2,1-6H3,(H,18,22)(H,20,21). The van der Waals surface area contributed by atoms with Gasteiger partial charge in [-0.2, -0.15) is 0 Å². The smallest absolute Gasteiger partial charge is 0.412 e. The predicted molar refractivity (Wildman–Crippen MR) is 89.6 cm³/mol. The van der Waals surface area contributed by atoms with Crippen molar-refractivity contribution in [2.45, 2.75) is 46.6 Å². The molecule has 0 aliphatic rings. The molecule has 0 radical (unpaired) electrons. The molecule has 0 aliphatic carbocycles. The average Bonchev–Trinajstić information content (AvgIpc) is 2.39. The highest BCUT2D eigenvalue weighted by atomic mass is 16.6. The SMILES string of the molecule is COc1cc(CC(C)(C)C(=O)O)cc(NC(=O)OC(C)(C)C)c1O. The van der Waals surface area contributed by atoms with Gasteiger partial charge in [-0.25, -0.2) is 4.79 Å². The maximum atomic E-state index is 11.9. The van der Waals surface area contributed by atoms with Gasteiger partial charge >= 0.3 is 12.1 Å². The molecular formula is C17H25NO6. The molecule has 0 saturated heterocycles. The molecule has 134 valence electrons. The highest BCUT2D eigenvalue weighted by molar-refractivity contribution is 5.88. The Bertz CT molecular complexity index is 631. The molecule has 1 amide bonds. The number of aromatic hydroxyl groups is 1. The molecule has 7 nitrogen and oxygen atoms in total. The summed E-state index contributed by atoms with van der Waals surface area (Å²) in [5, 5.41) is 21.9. The van der Waals surface area contributed by atoms with Crippen LogP contribution in [0.4, 0.5) is 10.5 Å². The Labute approximate surface area is 141 Å². The fraction of sp³-hybridized carbons (Fsp3) is 0.529. The van der Waals surface area contributed by atoms with E-state index < -0.39 is 23.1 Å². The number of carbonyl (C=O) groups excluding carboxylic acids is 1. The zero-order chi connectivity index (χ0) is 18.7. The molecule has 0 aromatic heterocycles. The lowest BCUT2D eigenvalue weighted by Crippen LogP contribution is -2.27. The molecule has 3 N–H and O–H groups in total. The third-order valence-corrected chi connectivity index (χ3v) is 3.22. The van der Waals surface area contributed by atoms with Crippen LogP contribution in [0.15, 0.2) is 12.1 Å². The molecule has 24 heavy (non-hydrogen) atoms. The number of benzene rings is 1. The van der Waals surface area contributed by atoms with Gasteiger partial charge in [0, 0.05) is 0 Å². The fourth-order valence-electron chi connectivity index (χ4n) is 2.02. The second kappa shape index (κ2) is 6.98. The first kappa shape index (κ1) is 19.6. The van der Waals surface area contributed by atoms with E-state index in [2.05, 4.69) is 5.32 Å². The summed E-state index contributed by atoms with van der Waals surface area (Å²) in [6, 6.07) is 3.05. The monoisotopic (exact) mass is 339 g/mol. The van der Waals surface area contributed by atoms with Gasteiger partial charge in [-0.05, 0) is 58.7 Å². The van der Waals surface area contributed by atoms with Crippen molar-refractivity contribution in [2.75, 3.05) is 12.4 Å². The van der Waals surface area contributed by atoms with Crippen LogP contribution in [0, 0.1) is 5.41 Å². The van der Waals surface area contributed by atoms with Crippen LogP contribution >= 0.6 is 0 Å². The number of nitrogens with one attached hydrogen (secondary N) is 1. The van der Waals surface area contributed by atoms with Crippen molar-refractivity contribution in [2.24, 2.45) is 5.41 Å². The number of hydrogen-bond donors (Lipinski definition) is 3. The van der Waals surface area contributed by atoms with Gasteiger partial charge in [-0.3, -0.25) is 10.1 Å². The Morgan fingerprint density at radius 1 is 1.17 bits per heavy atom. The number of phenolic OH excluding ortho intramolecular Hbond substituents is 1. The minimum absolute atomic E-state index is 0.0970. The second-order valence-corrected chi connectivity index (χ2v) is 7.19. The van der Waals surface area contributed by atoms with Gasteiger partial charge in [0.25, 0.3) is 0 Å². The maximum Gasteiger partial charge on any atom is 0.412 e. The van der Waals surface area contributed by atoms with Crippen molar-refractivity contribution < 1.29 is 29.3 Å². The van der Waals surface area contributed by atoms with Crippen LogP contribution in [-0.4, -0.2) is 35.0 Å². The van der Waals surface area contributed by atoms with Gasteiger partial charge < -0.3 is 19.7 Å². The van der Waals surface area contributed by atoms with Crippen LogP contribution in [0.5, 0.6) is 11.5 Å². The van der Waals surface area contributed by atoms with Gasteiger partial charge in [0.2, 0.25) is 0 Å². The lowest BCUT2D eigenvalue weighted by molar-refractivity contribution is -0.146. The van der Waals surface area contributed by atoms with Gasteiger partial charge in [-0.1, -0.05) is 0 Å². The van der Waals surface area contributed by atoms with E-state index in [0.717, 1.165) is 0 Å². The van der Waals surface area contributed by atoms with E-state index in [0.29, 0.717) is 5.56 Å². The highest BCUT2D eigenvalue weighted by Crippen LogP contribution is 2.37. The molecule has 0 spiro atoms. The first-order valence-electron chi connectivity index (χ1n) is 7.49. The van der Waals surface area contributed by atoms with Crippen molar-refractivity contribution in [3.8, 4) is 11.5 Å². The topological polar surface area (TPSA) is 105 Å². The number of amides is 1. The molecule has 0 atom stereocenters. The molecule has 0 aliphatic heterocycles. The molecule has 0 saturated carbocycles. The Morgan fingerprint density at radius 3 is 2.21 bits per heavy atom. The number of phenols is 1. The number of hydrogen-bond acceptors (Lipinski definition) is 5. The summed E-state index contributed by atoms with van der Waals surface area (Å²) in [6.45, 7) is 8.35. The molecule has 0 fully saturated rings. The summed E-state index contributed by atoms with van der Waals surface area (Å²) in [7, 11) is 1.37. The first-order chi connectivity index (χ1) is 10.9. The molecule has 0 heterocycles. The van der Waals surface area contributed by atoms with Crippen molar-refractivity contribution in [3.63, 3.8) is 0 Å². The van der Waals surface area contributed by atoms with E-state index >= 15 is 0 Å². The quantitative estimate of drug-likeness (QED) is 0.710. The number of carboxylic acid groups (broad SMARTS) is 1. The zero-order valence-corrected chi connectivity index (χ0v) is 14.9. The van der Waals surface area contributed by atoms with E-state index in [1.807, 2.05) is 0 Å². The molecule has 1 aromatic rings. The predicted octanol–water partition coefficient (Wildman–Crippen LogP) is 3.40. The Morgan fingerprint density at radius 2 is 1.75 bits per heavy atom. The summed E-state index contributed by atoms with van der Waals surface area (Å²) in [5.74, 6) is -1.06. The molecule has 0 unspecified atom stereocenters. The van der Waals surface area contributed by atoms with Gasteiger partial charge in [-0.15, -0.1) is 0 Å². The van der Waals surface area contributed by atoms with E-state index in [9.17, 15) is 19.8 Å². The van der Waals surface area contributed by atoms with Gasteiger partial charge in [0.05, 0.1) is 18.2 Å². The lowest BCUT2D eigenvalue weighted by Gasteiger charge is -2.22. The Kier molecular flexibility index (Phi) is 5.71. The largest absolute Gasteiger partial charge is 0.503 e. The molecule has 7 heteroatoms. The summed E-state index contributed by atoms with van der Waals surface area (Å²) in [6.07, 6.45) is -0.531. The van der Waals surface area contributed by atoms with E-state index in [1.54, 1.807) is 40.7 Å². The summed E-state index contributed by atoms with van der Waals surface area (Å²) >= 11 is 0. The number of rotatable bonds is 5. The van der Waals surface area contributed by atoms with Crippen molar-refractivity contribution in [1.29, 1.82) is 0 Å². The van der Waals surface area contributed by atoms with Crippen LogP contribution < -0.4 is 10.1 Å². The van der Waals surface area contributed by atoms with E-state index in [-0.39, 0.29) is 23.6 Å². The van der Waals surface area contributed by atoms with E-state index in [1.165, 1.54) is 13.2 Å². The summed E-state index contributed by atoms with van der Waals surface area (Å²) < 4.78 is 10.2. The zero-order valence-electron chi connectivity index (χ0n) is 14.9. The van der Waals surface area contributed by atoms with Crippen LogP contribution in [0.2, 0.25) is 0 Å². The number of ether oxygens (including phenoxy) is 2. The summed E-state index contributed by atoms with van der Waals surface area (Å²) in [4.78, 5) is 23.2. The van der Waals surface area contributed by atoms with Crippen molar-refractivity contribution in [1.82, 2.24) is 0 Å². The molecule has 1 aromatic carbocycles. The lowest BCUT2D eigenvalue weighted by atomic mass is 9.85. The number of carboxylic acids is 1. The van der Waals surface area contributed by atoms with Crippen LogP contribution in [-0.2, 0) is 16.0 Å². The number of anilines is 1. The second-order valence-electron chi connectivity index (χ2n) is 7.19. The minimum atomic E-state index is -1.01. The Balaban J connectivity index is 3.14. The van der Waals surface area contributed by atoms with Crippen molar-refractivity contribution >= 4 is 17.7 Å². The fourth-order valence-corrected chi connectivity index (χ4v) is 2.02. The summed E-state index contributed by atoms with van der Waals surface area (Å²) in [5.41, 5.74) is -0.999. The van der Waals surface area contributed by atoms with Gasteiger partial charge in [0.1, 0.15) is 5.60 Å². The normalized spacial score (nSPS) is 11.8. The minimum Gasteiger partial charge on any atom is -0.503 e. The van der Waals surface area contributed by atoms with E-state index in [4.69, 9.17) is 9.47 Å². The Hall–Kier alpha value is -2.44.